The summed E-state index contributed by atoms with van der Waals surface area (Å²) in [5.74, 6) is -0.204. The van der Waals surface area contributed by atoms with Gasteiger partial charge in [0.15, 0.2) is 11.5 Å². The maximum atomic E-state index is 12.9. The summed E-state index contributed by atoms with van der Waals surface area (Å²) < 4.78 is 10.6. The van der Waals surface area contributed by atoms with Gasteiger partial charge in [-0.25, -0.2) is 4.90 Å². The van der Waals surface area contributed by atoms with E-state index in [0.29, 0.717) is 28.3 Å². The number of carbonyl (C=O) groups excluding carboxylic acids is 3. The third-order valence-electron chi connectivity index (χ3n) is 4.81. The van der Waals surface area contributed by atoms with E-state index in [1.165, 1.54) is 0 Å². The van der Waals surface area contributed by atoms with Gasteiger partial charge in [0.1, 0.15) is 0 Å². The molecule has 1 N–H and O–H groups in total. The van der Waals surface area contributed by atoms with Crippen molar-refractivity contribution < 1.29 is 23.9 Å². The largest absolute Gasteiger partial charge is 0.454 e. The van der Waals surface area contributed by atoms with E-state index in [-0.39, 0.29) is 18.0 Å². The van der Waals surface area contributed by atoms with Crippen LogP contribution >= 0.6 is 0 Å². The number of nitrogens with zero attached hydrogens (tertiary/aromatic N) is 1. The van der Waals surface area contributed by atoms with Crippen molar-refractivity contribution in [3.8, 4) is 11.5 Å². The number of imide groups is 1. The highest BCUT2D eigenvalue weighted by atomic mass is 16.7. The van der Waals surface area contributed by atoms with Crippen LogP contribution in [0, 0.1) is 0 Å². The van der Waals surface area contributed by atoms with E-state index in [2.05, 4.69) is 5.32 Å². The standard InChI is InChI=1S/C22H14N2O5/c25-20(23-13-9-10-18-19(11-13)29-12-28-18)16-7-3-4-8-17(16)24-21(26)14-5-1-2-6-15(14)22(24)27/h1-11H,12H2,(H,23,25). The second kappa shape index (κ2) is 6.49. The summed E-state index contributed by atoms with van der Waals surface area (Å²) in [6.45, 7) is 0.134. The molecule has 5 rings (SSSR count). The van der Waals surface area contributed by atoms with Crippen molar-refractivity contribution in [2.45, 2.75) is 0 Å². The summed E-state index contributed by atoms with van der Waals surface area (Å²) in [5, 5.41) is 2.78. The molecule has 0 saturated heterocycles. The van der Waals surface area contributed by atoms with Crippen molar-refractivity contribution >= 4 is 29.1 Å². The fraction of sp³-hybridized carbons (Fsp3) is 0.0455. The van der Waals surface area contributed by atoms with Crippen LogP contribution in [0.1, 0.15) is 31.1 Å². The highest BCUT2D eigenvalue weighted by Gasteiger charge is 2.38. The van der Waals surface area contributed by atoms with E-state index in [1.54, 1.807) is 66.7 Å². The number of nitrogens with one attached hydrogen (secondary N) is 1. The normalized spacial score (nSPS) is 14.1. The zero-order valence-electron chi connectivity index (χ0n) is 15.0. The molecule has 2 heterocycles. The number of carbonyl (C=O) groups is 3. The van der Waals surface area contributed by atoms with E-state index >= 15 is 0 Å². The van der Waals surface area contributed by atoms with E-state index in [9.17, 15) is 14.4 Å². The van der Waals surface area contributed by atoms with Gasteiger partial charge in [-0.1, -0.05) is 24.3 Å². The van der Waals surface area contributed by atoms with Crippen molar-refractivity contribution in [3.63, 3.8) is 0 Å². The molecule has 0 radical (unpaired) electrons. The first kappa shape index (κ1) is 17.0. The lowest BCUT2D eigenvalue weighted by atomic mass is 10.1. The third kappa shape index (κ3) is 2.71. The van der Waals surface area contributed by atoms with Gasteiger partial charge in [-0.05, 0) is 36.4 Å². The molecule has 0 saturated carbocycles. The van der Waals surface area contributed by atoms with Crippen molar-refractivity contribution in [1.29, 1.82) is 0 Å². The molecule has 2 aliphatic heterocycles. The Balaban J connectivity index is 1.48. The Morgan fingerprint density at radius 3 is 2.24 bits per heavy atom. The smallest absolute Gasteiger partial charge is 0.266 e. The van der Waals surface area contributed by atoms with Gasteiger partial charge in [0.2, 0.25) is 6.79 Å². The zero-order valence-corrected chi connectivity index (χ0v) is 15.0. The highest BCUT2D eigenvalue weighted by molar-refractivity contribution is 6.35. The number of amides is 3. The fourth-order valence-corrected chi connectivity index (χ4v) is 3.44. The van der Waals surface area contributed by atoms with E-state index in [1.807, 2.05) is 0 Å². The van der Waals surface area contributed by atoms with Crippen LogP contribution in [0.5, 0.6) is 11.5 Å². The quantitative estimate of drug-likeness (QED) is 0.697. The van der Waals surface area contributed by atoms with Gasteiger partial charge in [-0.3, -0.25) is 14.4 Å². The van der Waals surface area contributed by atoms with E-state index in [4.69, 9.17) is 9.47 Å². The van der Waals surface area contributed by atoms with Crippen LogP contribution in [0.15, 0.2) is 66.7 Å². The SMILES string of the molecule is O=C(Nc1ccc2c(c1)OCO2)c1ccccc1N1C(=O)c2ccccc2C1=O. The Labute approximate surface area is 165 Å². The molecule has 2 aliphatic rings. The Hall–Kier alpha value is -4.13. The summed E-state index contributed by atoms with van der Waals surface area (Å²) in [5.41, 5.74) is 1.60. The lowest BCUT2D eigenvalue weighted by molar-refractivity contribution is 0.0926. The molecule has 3 amide bonds. The first-order valence-electron chi connectivity index (χ1n) is 8.91. The van der Waals surface area contributed by atoms with Gasteiger partial charge < -0.3 is 14.8 Å². The topological polar surface area (TPSA) is 84.9 Å². The Bertz CT molecular complexity index is 1150. The summed E-state index contributed by atoms with van der Waals surface area (Å²) >= 11 is 0. The van der Waals surface area contributed by atoms with Crippen LogP contribution in [0.3, 0.4) is 0 Å². The zero-order chi connectivity index (χ0) is 20.0. The van der Waals surface area contributed by atoms with Crippen LogP contribution in [0.4, 0.5) is 11.4 Å². The molecule has 0 unspecified atom stereocenters. The van der Waals surface area contributed by atoms with E-state index < -0.39 is 17.7 Å². The summed E-state index contributed by atoms with van der Waals surface area (Å²) in [6, 6.07) is 18.2. The average Bonchev–Trinajstić information content (AvgIpc) is 3.31. The Kier molecular flexibility index (Phi) is 3.80. The second-order valence-corrected chi connectivity index (χ2v) is 6.53. The summed E-state index contributed by atoms with van der Waals surface area (Å²) in [4.78, 5) is 39.6. The van der Waals surface area contributed by atoms with Crippen LogP contribution in [-0.2, 0) is 0 Å². The van der Waals surface area contributed by atoms with Gasteiger partial charge in [-0.2, -0.15) is 0 Å². The Morgan fingerprint density at radius 2 is 1.48 bits per heavy atom. The fourth-order valence-electron chi connectivity index (χ4n) is 3.44. The van der Waals surface area contributed by atoms with Gasteiger partial charge in [-0.15, -0.1) is 0 Å². The molecule has 0 spiro atoms. The van der Waals surface area contributed by atoms with Gasteiger partial charge in [0.25, 0.3) is 17.7 Å². The minimum absolute atomic E-state index is 0.134. The van der Waals surface area contributed by atoms with Crippen molar-refractivity contribution in [3.05, 3.63) is 83.4 Å². The molecule has 142 valence electrons. The number of anilines is 2. The van der Waals surface area contributed by atoms with Gasteiger partial charge >= 0.3 is 0 Å². The molecule has 7 heteroatoms. The molecule has 0 atom stereocenters. The number of benzene rings is 3. The van der Waals surface area contributed by atoms with Crippen LogP contribution in [0.2, 0.25) is 0 Å². The average molecular weight is 386 g/mol. The number of hydrogen-bond acceptors (Lipinski definition) is 5. The minimum atomic E-state index is -0.450. The minimum Gasteiger partial charge on any atom is -0.454 e. The maximum Gasteiger partial charge on any atom is 0.266 e. The summed E-state index contributed by atoms with van der Waals surface area (Å²) in [7, 11) is 0. The third-order valence-corrected chi connectivity index (χ3v) is 4.81. The number of fused-ring (bicyclic) bond motifs is 2. The lowest BCUT2D eigenvalue weighted by Gasteiger charge is -2.18. The Morgan fingerprint density at radius 1 is 0.828 bits per heavy atom. The first-order valence-corrected chi connectivity index (χ1v) is 8.91. The predicted octanol–water partition coefficient (Wildman–Crippen LogP) is 3.47. The van der Waals surface area contributed by atoms with Gasteiger partial charge in [0.05, 0.1) is 22.4 Å². The first-order chi connectivity index (χ1) is 14.1. The molecular weight excluding hydrogens is 372 g/mol. The molecule has 7 nitrogen and oxygen atoms in total. The molecule has 0 bridgehead atoms. The molecule has 29 heavy (non-hydrogen) atoms. The number of rotatable bonds is 3. The molecule has 3 aromatic rings. The molecule has 0 aromatic heterocycles. The summed E-state index contributed by atoms with van der Waals surface area (Å²) in [6.07, 6.45) is 0. The molecule has 3 aromatic carbocycles. The second-order valence-electron chi connectivity index (χ2n) is 6.53. The molecule has 0 fully saturated rings. The van der Waals surface area contributed by atoms with Crippen LogP contribution < -0.4 is 19.7 Å². The van der Waals surface area contributed by atoms with Crippen molar-refractivity contribution in [1.82, 2.24) is 0 Å². The number of ether oxygens (including phenoxy) is 2. The molecular formula is C22H14N2O5. The van der Waals surface area contributed by atoms with Crippen LogP contribution in [0.25, 0.3) is 0 Å². The van der Waals surface area contributed by atoms with Gasteiger partial charge in [0, 0.05) is 11.8 Å². The number of para-hydroxylation sites is 1. The van der Waals surface area contributed by atoms with Crippen molar-refractivity contribution in [2.24, 2.45) is 0 Å². The maximum absolute atomic E-state index is 12.9. The van der Waals surface area contributed by atoms with Crippen LogP contribution in [-0.4, -0.2) is 24.5 Å². The predicted molar refractivity (Wildman–Crippen MR) is 105 cm³/mol. The molecule has 0 aliphatic carbocycles. The lowest BCUT2D eigenvalue weighted by Crippen LogP contribution is -2.31. The van der Waals surface area contributed by atoms with Crippen molar-refractivity contribution in [2.75, 3.05) is 17.0 Å². The van der Waals surface area contributed by atoms with E-state index in [0.717, 1.165) is 4.90 Å². The highest BCUT2D eigenvalue weighted by Crippen LogP contribution is 2.35. The number of hydrogen-bond donors (Lipinski definition) is 1. The monoisotopic (exact) mass is 386 g/mol.